The minimum absolute atomic E-state index is 0.617. The van der Waals surface area contributed by atoms with Crippen LogP contribution < -0.4 is 0 Å². The summed E-state index contributed by atoms with van der Waals surface area (Å²) in [7, 11) is 0. The fourth-order valence-electron chi connectivity index (χ4n) is 2.25. The van der Waals surface area contributed by atoms with Crippen molar-refractivity contribution in [2.75, 3.05) is 0 Å². The molecular formula is C12H13BrO2. The topological polar surface area (TPSA) is 37.3 Å². The normalized spacial score (nSPS) is 18.3. The van der Waals surface area contributed by atoms with Gasteiger partial charge in [0.05, 0.1) is 5.41 Å². The Labute approximate surface area is 97.4 Å². The van der Waals surface area contributed by atoms with E-state index in [9.17, 15) is 9.90 Å². The molecule has 2 rings (SSSR count). The number of halogens is 1. The summed E-state index contributed by atoms with van der Waals surface area (Å²) in [6.45, 7) is 1.97. The first-order valence-corrected chi connectivity index (χ1v) is 5.86. The monoisotopic (exact) mass is 268 g/mol. The van der Waals surface area contributed by atoms with Crippen molar-refractivity contribution in [2.24, 2.45) is 0 Å². The third kappa shape index (κ3) is 1.49. The Hall–Kier alpha value is -0.830. The van der Waals surface area contributed by atoms with Gasteiger partial charge in [-0.1, -0.05) is 34.5 Å². The summed E-state index contributed by atoms with van der Waals surface area (Å²) >= 11 is 3.45. The van der Waals surface area contributed by atoms with Gasteiger partial charge in [0.15, 0.2) is 0 Å². The van der Waals surface area contributed by atoms with E-state index in [2.05, 4.69) is 15.9 Å². The molecule has 2 nitrogen and oxygen atoms in total. The highest BCUT2D eigenvalue weighted by molar-refractivity contribution is 9.10. The zero-order valence-electron chi connectivity index (χ0n) is 8.59. The number of hydrogen-bond donors (Lipinski definition) is 1. The lowest BCUT2D eigenvalue weighted by Crippen LogP contribution is -2.42. The number of carboxylic acids is 1. The van der Waals surface area contributed by atoms with E-state index in [4.69, 9.17) is 0 Å². The van der Waals surface area contributed by atoms with Crippen molar-refractivity contribution >= 4 is 21.9 Å². The molecule has 1 aliphatic carbocycles. The predicted molar refractivity (Wildman–Crippen MR) is 62.0 cm³/mol. The molecule has 0 aromatic heterocycles. The van der Waals surface area contributed by atoms with E-state index in [0.29, 0.717) is 0 Å². The van der Waals surface area contributed by atoms with Crippen molar-refractivity contribution in [2.45, 2.75) is 31.6 Å². The third-order valence-electron chi connectivity index (χ3n) is 3.40. The first-order valence-electron chi connectivity index (χ1n) is 5.07. The molecule has 0 bridgehead atoms. The van der Waals surface area contributed by atoms with Gasteiger partial charge in [-0.15, -0.1) is 0 Å². The van der Waals surface area contributed by atoms with E-state index in [1.54, 1.807) is 0 Å². The summed E-state index contributed by atoms with van der Waals surface area (Å²) in [5.74, 6) is -0.685. The molecule has 1 aromatic carbocycles. The van der Waals surface area contributed by atoms with Crippen LogP contribution in [0.3, 0.4) is 0 Å². The van der Waals surface area contributed by atoms with Crippen molar-refractivity contribution in [1.29, 1.82) is 0 Å². The summed E-state index contributed by atoms with van der Waals surface area (Å²) in [5, 5.41) is 9.34. The first-order chi connectivity index (χ1) is 7.08. The Morgan fingerprint density at radius 2 is 2.13 bits per heavy atom. The second-order valence-electron chi connectivity index (χ2n) is 4.15. The lowest BCUT2D eigenvalue weighted by molar-refractivity contribution is -0.147. The number of aliphatic carboxylic acids is 1. The van der Waals surface area contributed by atoms with Gasteiger partial charge in [0.1, 0.15) is 0 Å². The van der Waals surface area contributed by atoms with Crippen LogP contribution in [0.15, 0.2) is 22.7 Å². The van der Waals surface area contributed by atoms with Crippen LogP contribution in [0.1, 0.15) is 30.4 Å². The summed E-state index contributed by atoms with van der Waals surface area (Å²) < 4.78 is 0.993. The van der Waals surface area contributed by atoms with Crippen LogP contribution in [0.5, 0.6) is 0 Å². The van der Waals surface area contributed by atoms with E-state index in [0.717, 1.165) is 34.9 Å². The first kappa shape index (κ1) is 10.7. The molecule has 3 heteroatoms. The van der Waals surface area contributed by atoms with E-state index < -0.39 is 11.4 Å². The molecule has 80 valence electrons. The molecular weight excluding hydrogens is 256 g/mol. The van der Waals surface area contributed by atoms with Crippen LogP contribution in [0, 0.1) is 6.92 Å². The van der Waals surface area contributed by atoms with Crippen LogP contribution in [0.25, 0.3) is 0 Å². The van der Waals surface area contributed by atoms with Crippen LogP contribution in [-0.4, -0.2) is 11.1 Å². The minimum atomic E-state index is -0.685. The van der Waals surface area contributed by atoms with Gasteiger partial charge in [-0.25, -0.2) is 0 Å². The SMILES string of the molecule is Cc1c(Br)cccc1C1(C(=O)O)CCC1. The van der Waals surface area contributed by atoms with Gasteiger partial charge >= 0.3 is 5.97 Å². The van der Waals surface area contributed by atoms with Gasteiger partial charge in [-0.05, 0) is 37.0 Å². The number of hydrogen-bond acceptors (Lipinski definition) is 1. The molecule has 0 atom stereocenters. The van der Waals surface area contributed by atoms with Crippen LogP contribution in [0.2, 0.25) is 0 Å². The molecule has 0 unspecified atom stereocenters. The Morgan fingerprint density at radius 3 is 2.60 bits per heavy atom. The maximum absolute atomic E-state index is 11.4. The molecule has 0 aliphatic heterocycles. The van der Waals surface area contributed by atoms with Crippen molar-refractivity contribution in [1.82, 2.24) is 0 Å². The Bertz CT molecular complexity index is 408. The van der Waals surface area contributed by atoms with E-state index in [1.807, 2.05) is 25.1 Å². The highest BCUT2D eigenvalue weighted by atomic mass is 79.9. The minimum Gasteiger partial charge on any atom is -0.481 e. The summed E-state index contributed by atoms with van der Waals surface area (Å²) in [6, 6.07) is 5.80. The average Bonchev–Trinajstić information content (AvgIpc) is 2.09. The maximum atomic E-state index is 11.4. The molecule has 0 spiro atoms. The number of carboxylic acid groups (broad SMARTS) is 1. The molecule has 0 saturated heterocycles. The zero-order valence-corrected chi connectivity index (χ0v) is 10.2. The van der Waals surface area contributed by atoms with Crippen molar-refractivity contribution in [3.63, 3.8) is 0 Å². The molecule has 0 amide bonds. The van der Waals surface area contributed by atoms with Gasteiger partial charge in [0.25, 0.3) is 0 Å². The largest absolute Gasteiger partial charge is 0.481 e. The van der Waals surface area contributed by atoms with Crippen LogP contribution in [-0.2, 0) is 10.2 Å². The lowest BCUT2D eigenvalue weighted by atomic mass is 9.63. The van der Waals surface area contributed by atoms with E-state index in [1.165, 1.54) is 0 Å². The molecule has 1 saturated carbocycles. The maximum Gasteiger partial charge on any atom is 0.314 e. The van der Waals surface area contributed by atoms with Crippen molar-refractivity contribution in [3.8, 4) is 0 Å². The highest BCUT2D eigenvalue weighted by Crippen LogP contribution is 2.46. The molecule has 15 heavy (non-hydrogen) atoms. The second-order valence-corrected chi connectivity index (χ2v) is 5.01. The van der Waals surface area contributed by atoms with Crippen LogP contribution in [0.4, 0.5) is 0 Å². The van der Waals surface area contributed by atoms with Crippen molar-refractivity contribution in [3.05, 3.63) is 33.8 Å². The fourth-order valence-corrected chi connectivity index (χ4v) is 2.62. The lowest BCUT2D eigenvalue weighted by Gasteiger charge is -2.39. The fraction of sp³-hybridized carbons (Fsp3) is 0.417. The highest BCUT2D eigenvalue weighted by Gasteiger charge is 2.46. The Balaban J connectivity index is 2.53. The molecule has 0 radical (unpaired) electrons. The van der Waals surface area contributed by atoms with Gasteiger partial charge in [-0.2, -0.15) is 0 Å². The quantitative estimate of drug-likeness (QED) is 0.894. The van der Waals surface area contributed by atoms with E-state index in [-0.39, 0.29) is 0 Å². The van der Waals surface area contributed by atoms with Gasteiger partial charge in [0.2, 0.25) is 0 Å². The Morgan fingerprint density at radius 1 is 1.47 bits per heavy atom. The zero-order chi connectivity index (χ0) is 11.1. The van der Waals surface area contributed by atoms with Gasteiger partial charge in [0, 0.05) is 4.47 Å². The molecule has 1 fully saturated rings. The number of benzene rings is 1. The second kappa shape index (κ2) is 3.63. The molecule has 1 aromatic rings. The number of carbonyl (C=O) groups is 1. The summed E-state index contributed by atoms with van der Waals surface area (Å²) in [5.41, 5.74) is 1.41. The molecule has 1 N–H and O–H groups in total. The molecule has 1 aliphatic rings. The standard InChI is InChI=1S/C12H13BrO2/c1-8-9(4-2-5-10(8)13)12(11(14)15)6-3-7-12/h2,4-5H,3,6-7H2,1H3,(H,14,15). The van der Waals surface area contributed by atoms with Crippen LogP contribution >= 0.6 is 15.9 Å². The van der Waals surface area contributed by atoms with Gasteiger partial charge < -0.3 is 5.11 Å². The summed E-state index contributed by atoms with van der Waals surface area (Å²) in [6.07, 6.45) is 2.54. The third-order valence-corrected chi connectivity index (χ3v) is 4.26. The van der Waals surface area contributed by atoms with Crippen molar-refractivity contribution < 1.29 is 9.90 Å². The Kier molecular flexibility index (Phi) is 2.59. The average molecular weight is 269 g/mol. The van der Waals surface area contributed by atoms with E-state index >= 15 is 0 Å². The number of rotatable bonds is 2. The molecule has 0 heterocycles. The summed E-state index contributed by atoms with van der Waals surface area (Å²) in [4.78, 5) is 11.4. The predicted octanol–water partition coefficient (Wildman–Crippen LogP) is 3.26. The smallest absolute Gasteiger partial charge is 0.314 e. The van der Waals surface area contributed by atoms with Gasteiger partial charge in [-0.3, -0.25) is 4.79 Å².